The number of carbonyl (C=O) groups excluding carboxylic acids is 1. The summed E-state index contributed by atoms with van der Waals surface area (Å²) in [5.74, 6) is 0.0676. The summed E-state index contributed by atoms with van der Waals surface area (Å²) in [5, 5.41) is 9.11. The maximum Gasteiger partial charge on any atom is 0.328 e. The van der Waals surface area contributed by atoms with Gasteiger partial charge < -0.3 is 10.0 Å². The molecule has 0 bridgehead atoms. The van der Waals surface area contributed by atoms with E-state index in [2.05, 4.69) is 6.92 Å². The first-order chi connectivity index (χ1) is 10.1. The summed E-state index contributed by atoms with van der Waals surface area (Å²) in [6.07, 6.45) is 3.68. The number of hydrogen-bond acceptors (Lipinski definition) is 3. The van der Waals surface area contributed by atoms with Crippen molar-refractivity contribution >= 4 is 29.7 Å². The van der Waals surface area contributed by atoms with Gasteiger partial charge in [-0.1, -0.05) is 19.1 Å². The number of carboxylic acid groups (broad SMARTS) is 1. The number of rotatable bonds is 4. The Balaban J connectivity index is 2.04. The number of benzene rings is 1. The Kier molecular flexibility index (Phi) is 5.44. The first-order valence-electron chi connectivity index (χ1n) is 7.02. The molecule has 1 aliphatic rings. The van der Waals surface area contributed by atoms with Gasteiger partial charge in [-0.2, -0.15) is 11.8 Å². The van der Waals surface area contributed by atoms with Crippen LogP contribution >= 0.6 is 11.8 Å². The molecule has 5 heteroatoms. The minimum absolute atomic E-state index is 0.0579. The lowest BCUT2D eigenvalue weighted by atomic mass is 10.1. The minimum Gasteiger partial charge on any atom is -0.478 e. The fraction of sp³-hybridized carbons (Fsp3) is 0.375. The largest absolute Gasteiger partial charge is 0.478 e. The second kappa shape index (κ2) is 7.31. The van der Waals surface area contributed by atoms with E-state index in [1.54, 1.807) is 24.3 Å². The molecule has 1 aromatic rings. The number of carboxylic acids is 1. The van der Waals surface area contributed by atoms with Gasteiger partial charge in [0.15, 0.2) is 0 Å². The van der Waals surface area contributed by atoms with Crippen molar-refractivity contribution in [2.24, 2.45) is 0 Å². The lowest BCUT2D eigenvalue weighted by Gasteiger charge is -2.32. The Labute approximate surface area is 128 Å². The molecule has 21 heavy (non-hydrogen) atoms. The molecule has 1 unspecified atom stereocenters. The predicted octanol–water partition coefficient (Wildman–Crippen LogP) is 2.75. The van der Waals surface area contributed by atoms with E-state index in [0.29, 0.717) is 10.8 Å². The highest BCUT2D eigenvalue weighted by atomic mass is 32.2. The van der Waals surface area contributed by atoms with E-state index in [1.165, 1.54) is 6.08 Å². The predicted molar refractivity (Wildman–Crippen MR) is 85.6 cm³/mol. The molecule has 1 saturated heterocycles. The average molecular weight is 305 g/mol. The van der Waals surface area contributed by atoms with E-state index in [9.17, 15) is 9.59 Å². The van der Waals surface area contributed by atoms with Gasteiger partial charge in [0.1, 0.15) is 0 Å². The molecule has 1 fully saturated rings. The number of amides is 1. The Bertz CT molecular complexity index is 539. The van der Waals surface area contributed by atoms with Crippen molar-refractivity contribution in [1.82, 2.24) is 4.90 Å². The Hall–Kier alpha value is -1.75. The molecule has 0 radical (unpaired) electrons. The van der Waals surface area contributed by atoms with Crippen LogP contribution in [0.3, 0.4) is 0 Å². The highest BCUT2D eigenvalue weighted by Gasteiger charge is 2.23. The van der Waals surface area contributed by atoms with Crippen LogP contribution in [0.1, 0.15) is 29.3 Å². The smallest absolute Gasteiger partial charge is 0.328 e. The van der Waals surface area contributed by atoms with Gasteiger partial charge in [0.05, 0.1) is 0 Å². The van der Waals surface area contributed by atoms with E-state index in [0.717, 1.165) is 36.9 Å². The third-order valence-electron chi connectivity index (χ3n) is 3.46. The van der Waals surface area contributed by atoms with Crippen LogP contribution in [0.2, 0.25) is 0 Å². The summed E-state index contributed by atoms with van der Waals surface area (Å²) in [4.78, 5) is 24.8. The van der Waals surface area contributed by atoms with E-state index in [1.807, 2.05) is 16.7 Å². The molecular formula is C16H19NO3S. The number of carbonyl (C=O) groups is 2. The van der Waals surface area contributed by atoms with Crippen LogP contribution in [0.4, 0.5) is 0 Å². The van der Waals surface area contributed by atoms with Gasteiger partial charge in [0.2, 0.25) is 0 Å². The van der Waals surface area contributed by atoms with Crippen molar-refractivity contribution < 1.29 is 14.7 Å². The van der Waals surface area contributed by atoms with Crippen LogP contribution in [0.25, 0.3) is 6.08 Å². The molecule has 1 N–H and O–H groups in total. The lowest BCUT2D eigenvalue weighted by molar-refractivity contribution is -0.131. The van der Waals surface area contributed by atoms with Crippen molar-refractivity contribution in [3.05, 3.63) is 41.5 Å². The molecule has 1 heterocycles. The molecule has 1 aromatic carbocycles. The summed E-state index contributed by atoms with van der Waals surface area (Å²) >= 11 is 1.93. The van der Waals surface area contributed by atoms with Gasteiger partial charge >= 0.3 is 5.97 Å². The molecule has 4 nitrogen and oxygen atoms in total. The molecule has 1 aliphatic heterocycles. The second-order valence-corrected chi connectivity index (χ2v) is 6.35. The fourth-order valence-electron chi connectivity index (χ4n) is 2.24. The zero-order valence-electron chi connectivity index (χ0n) is 12.0. The van der Waals surface area contributed by atoms with Gasteiger partial charge in [0, 0.05) is 35.7 Å². The lowest BCUT2D eigenvalue weighted by Crippen LogP contribution is -2.41. The summed E-state index contributed by atoms with van der Waals surface area (Å²) in [6.45, 7) is 3.75. The van der Waals surface area contributed by atoms with Crippen molar-refractivity contribution in [3.8, 4) is 0 Å². The first kappa shape index (κ1) is 15.6. The number of hydrogen-bond donors (Lipinski definition) is 1. The maximum atomic E-state index is 12.4. The minimum atomic E-state index is -0.980. The van der Waals surface area contributed by atoms with Crippen molar-refractivity contribution in [1.29, 1.82) is 0 Å². The van der Waals surface area contributed by atoms with Crippen LogP contribution in [0.15, 0.2) is 30.3 Å². The monoisotopic (exact) mass is 305 g/mol. The molecule has 0 aliphatic carbocycles. The molecule has 0 saturated carbocycles. The molecule has 112 valence electrons. The third-order valence-corrected chi connectivity index (χ3v) is 4.83. The maximum absolute atomic E-state index is 12.4. The Morgan fingerprint density at radius 2 is 2.10 bits per heavy atom. The van der Waals surface area contributed by atoms with Gasteiger partial charge in [-0.3, -0.25) is 4.79 Å². The first-order valence-corrected chi connectivity index (χ1v) is 8.07. The molecular weight excluding hydrogens is 286 g/mol. The van der Waals surface area contributed by atoms with Crippen LogP contribution in [0.5, 0.6) is 0 Å². The zero-order chi connectivity index (χ0) is 15.2. The van der Waals surface area contributed by atoms with Gasteiger partial charge in [-0.05, 0) is 30.2 Å². The highest BCUT2D eigenvalue weighted by Crippen LogP contribution is 2.22. The van der Waals surface area contributed by atoms with E-state index < -0.39 is 5.97 Å². The zero-order valence-corrected chi connectivity index (χ0v) is 12.8. The topological polar surface area (TPSA) is 57.6 Å². The number of nitrogens with zero attached hydrogens (tertiary/aromatic N) is 1. The van der Waals surface area contributed by atoms with Gasteiger partial charge in [-0.15, -0.1) is 0 Å². The summed E-state index contributed by atoms with van der Waals surface area (Å²) < 4.78 is 0. The SMILES string of the molecule is CCC1CN(C(=O)c2ccc(/C=C/C(=O)O)cc2)CCS1. The standard InChI is InChI=1S/C16H19NO3S/c1-2-14-11-17(9-10-21-14)16(20)13-6-3-12(4-7-13)5-8-15(18)19/h3-8,14H,2,9-11H2,1H3,(H,18,19)/b8-5+. The molecule has 0 spiro atoms. The normalized spacial score (nSPS) is 18.9. The third kappa shape index (κ3) is 4.36. The van der Waals surface area contributed by atoms with Crippen molar-refractivity contribution in [3.63, 3.8) is 0 Å². The highest BCUT2D eigenvalue weighted by molar-refractivity contribution is 8.00. The average Bonchev–Trinajstić information content (AvgIpc) is 2.52. The Morgan fingerprint density at radius 1 is 1.38 bits per heavy atom. The number of thioether (sulfide) groups is 1. The summed E-state index contributed by atoms with van der Waals surface area (Å²) in [7, 11) is 0. The second-order valence-electron chi connectivity index (χ2n) is 4.95. The quantitative estimate of drug-likeness (QED) is 0.869. The number of aliphatic carboxylic acids is 1. The van der Waals surface area contributed by atoms with Crippen molar-refractivity contribution in [2.75, 3.05) is 18.8 Å². The van der Waals surface area contributed by atoms with Crippen LogP contribution in [-0.4, -0.2) is 46.0 Å². The van der Waals surface area contributed by atoms with Crippen LogP contribution in [-0.2, 0) is 4.79 Å². The van der Waals surface area contributed by atoms with Gasteiger partial charge in [-0.25, -0.2) is 4.79 Å². The van der Waals surface area contributed by atoms with Crippen molar-refractivity contribution in [2.45, 2.75) is 18.6 Å². The Morgan fingerprint density at radius 3 is 2.71 bits per heavy atom. The summed E-state index contributed by atoms with van der Waals surface area (Å²) in [6, 6.07) is 7.05. The molecule has 0 aromatic heterocycles. The molecule has 2 rings (SSSR count). The van der Waals surface area contributed by atoms with E-state index in [4.69, 9.17) is 5.11 Å². The summed E-state index contributed by atoms with van der Waals surface area (Å²) in [5.41, 5.74) is 1.43. The van der Waals surface area contributed by atoms with Gasteiger partial charge in [0.25, 0.3) is 5.91 Å². The fourth-order valence-corrected chi connectivity index (χ4v) is 3.42. The molecule has 1 amide bonds. The van der Waals surface area contributed by atoms with E-state index in [-0.39, 0.29) is 5.91 Å². The molecule has 1 atom stereocenters. The van der Waals surface area contributed by atoms with Crippen LogP contribution < -0.4 is 0 Å². The van der Waals surface area contributed by atoms with Crippen LogP contribution in [0, 0.1) is 0 Å². The van der Waals surface area contributed by atoms with E-state index >= 15 is 0 Å².